The molecule has 5 heteroatoms. The Hall–Kier alpha value is -1.36. The molecular weight excluding hydrogens is 182 g/mol. The number of aliphatic carboxylic acids is 1. The Morgan fingerprint density at radius 2 is 2.29 bits per heavy atom. The molecule has 1 atom stereocenters. The minimum absolute atomic E-state index is 0.628. The van der Waals surface area contributed by atoms with Crippen molar-refractivity contribution in [2.75, 3.05) is 0 Å². The summed E-state index contributed by atoms with van der Waals surface area (Å²) >= 11 is 0. The van der Waals surface area contributed by atoms with Crippen LogP contribution in [-0.2, 0) is 17.3 Å². The van der Waals surface area contributed by atoms with Gasteiger partial charge in [-0.05, 0) is 6.07 Å². The lowest BCUT2D eigenvalue weighted by molar-refractivity contribution is -0.140. The fraction of sp³-hybridized carbons (Fsp3) is 0.556. The van der Waals surface area contributed by atoms with Gasteiger partial charge >= 0.3 is 5.97 Å². The van der Waals surface area contributed by atoms with Crippen LogP contribution in [0.25, 0.3) is 0 Å². The van der Waals surface area contributed by atoms with Gasteiger partial charge in [0.1, 0.15) is 6.04 Å². The van der Waals surface area contributed by atoms with E-state index < -0.39 is 17.4 Å². The van der Waals surface area contributed by atoms with Gasteiger partial charge in [0.05, 0.1) is 0 Å². The molecule has 0 aliphatic rings. The van der Waals surface area contributed by atoms with Gasteiger partial charge < -0.3 is 10.8 Å². The van der Waals surface area contributed by atoms with E-state index in [1.165, 1.54) is 0 Å². The first-order valence-corrected chi connectivity index (χ1v) is 4.34. The van der Waals surface area contributed by atoms with Crippen LogP contribution < -0.4 is 5.73 Å². The predicted octanol–water partition coefficient (Wildman–Crippen LogP) is 0.110. The van der Waals surface area contributed by atoms with Gasteiger partial charge in [-0.15, -0.1) is 0 Å². The van der Waals surface area contributed by atoms with E-state index in [0.717, 1.165) is 5.69 Å². The lowest BCUT2D eigenvalue weighted by atomic mass is 9.81. The van der Waals surface area contributed by atoms with Gasteiger partial charge in [-0.25, -0.2) is 0 Å². The largest absolute Gasteiger partial charge is 0.480 e. The van der Waals surface area contributed by atoms with Crippen molar-refractivity contribution >= 4 is 5.97 Å². The van der Waals surface area contributed by atoms with Gasteiger partial charge in [0.25, 0.3) is 0 Å². The SMILES string of the molecule is Cn1nccc1C(C)(C)C(N)C(=O)O. The minimum Gasteiger partial charge on any atom is -0.480 e. The first-order chi connectivity index (χ1) is 6.37. The van der Waals surface area contributed by atoms with Crippen molar-refractivity contribution < 1.29 is 9.90 Å². The van der Waals surface area contributed by atoms with Crippen molar-refractivity contribution in [2.45, 2.75) is 25.3 Å². The Labute approximate surface area is 82.5 Å². The molecule has 5 nitrogen and oxygen atoms in total. The standard InChI is InChI=1S/C9H15N3O2/c1-9(2,7(10)8(13)14)6-4-5-11-12(6)3/h4-5,7H,10H2,1-3H3,(H,13,14). The van der Waals surface area contributed by atoms with E-state index >= 15 is 0 Å². The summed E-state index contributed by atoms with van der Waals surface area (Å²) in [4.78, 5) is 10.8. The number of aromatic nitrogens is 2. The molecule has 0 aliphatic heterocycles. The highest BCUT2D eigenvalue weighted by molar-refractivity contribution is 5.75. The number of hydrogen-bond acceptors (Lipinski definition) is 3. The second kappa shape index (κ2) is 3.42. The summed E-state index contributed by atoms with van der Waals surface area (Å²) in [5, 5.41) is 12.8. The van der Waals surface area contributed by atoms with Gasteiger partial charge in [0.2, 0.25) is 0 Å². The minimum atomic E-state index is -1.00. The number of nitrogens with zero attached hydrogens (tertiary/aromatic N) is 2. The molecule has 1 aromatic heterocycles. The molecule has 0 radical (unpaired) electrons. The van der Waals surface area contributed by atoms with E-state index in [1.807, 2.05) is 0 Å². The molecule has 0 aromatic carbocycles. The molecular formula is C9H15N3O2. The molecule has 1 unspecified atom stereocenters. The number of carbonyl (C=O) groups is 1. The van der Waals surface area contributed by atoms with Gasteiger partial charge in [0.15, 0.2) is 0 Å². The fourth-order valence-electron chi connectivity index (χ4n) is 1.47. The average Bonchev–Trinajstić information content (AvgIpc) is 2.50. The zero-order valence-corrected chi connectivity index (χ0v) is 8.56. The highest BCUT2D eigenvalue weighted by Crippen LogP contribution is 2.25. The summed E-state index contributed by atoms with van der Waals surface area (Å²) in [7, 11) is 1.77. The van der Waals surface area contributed by atoms with E-state index in [9.17, 15) is 4.79 Å². The zero-order chi connectivity index (χ0) is 10.9. The van der Waals surface area contributed by atoms with Gasteiger partial charge in [0, 0.05) is 24.4 Å². The molecule has 1 aromatic rings. The lowest BCUT2D eigenvalue weighted by Gasteiger charge is -2.28. The summed E-state index contributed by atoms with van der Waals surface area (Å²) in [6, 6.07) is 0.848. The molecule has 0 saturated heterocycles. The Morgan fingerprint density at radius 3 is 2.64 bits per heavy atom. The molecule has 0 spiro atoms. The predicted molar refractivity (Wildman–Crippen MR) is 51.8 cm³/mol. The van der Waals surface area contributed by atoms with Crippen molar-refractivity contribution in [3.05, 3.63) is 18.0 Å². The Balaban J connectivity index is 3.07. The Bertz CT molecular complexity index is 344. The molecule has 78 valence electrons. The number of rotatable bonds is 3. The maximum absolute atomic E-state index is 10.8. The third-order valence-corrected chi connectivity index (χ3v) is 2.52. The normalized spacial score (nSPS) is 14.0. The number of nitrogens with two attached hydrogens (primary N) is 1. The molecule has 0 amide bonds. The number of carboxylic acid groups (broad SMARTS) is 1. The van der Waals surface area contributed by atoms with E-state index in [4.69, 9.17) is 10.8 Å². The van der Waals surface area contributed by atoms with E-state index in [-0.39, 0.29) is 0 Å². The van der Waals surface area contributed by atoms with E-state index in [0.29, 0.717) is 0 Å². The maximum Gasteiger partial charge on any atom is 0.321 e. The van der Waals surface area contributed by atoms with Gasteiger partial charge in [-0.1, -0.05) is 13.8 Å². The maximum atomic E-state index is 10.8. The second-order valence-electron chi connectivity index (χ2n) is 3.88. The zero-order valence-electron chi connectivity index (χ0n) is 8.56. The van der Waals surface area contributed by atoms with Crippen LogP contribution in [0.4, 0.5) is 0 Å². The summed E-state index contributed by atoms with van der Waals surface area (Å²) in [6.07, 6.45) is 1.63. The molecule has 14 heavy (non-hydrogen) atoms. The van der Waals surface area contributed by atoms with E-state index in [2.05, 4.69) is 5.10 Å². The van der Waals surface area contributed by atoms with Crippen LogP contribution in [0.3, 0.4) is 0 Å². The highest BCUT2D eigenvalue weighted by atomic mass is 16.4. The molecule has 0 saturated carbocycles. The van der Waals surface area contributed by atoms with Crippen LogP contribution in [-0.4, -0.2) is 26.9 Å². The molecule has 0 bridgehead atoms. The second-order valence-corrected chi connectivity index (χ2v) is 3.88. The van der Waals surface area contributed by atoms with Crippen molar-refractivity contribution in [1.82, 2.24) is 9.78 Å². The smallest absolute Gasteiger partial charge is 0.321 e. The number of aryl methyl sites for hydroxylation is 1. The van der Waals surface area contributed by atoms with Crippen LogP contribution in [0, 0.1) is 0 Å². The molecule has 1 heterocycles. The summed E-state index contributed by atoms with van der Waals surface area (Å²) in [6.45, 7) is 3.59. The monoisotopic (exact) mass is 197 g/mol. The van der Waals surface area contributed by atoms with Gasteiger partial charge in [-0.3, -0.25) is 9.48 Å². The third-order valence-electron chi connectivity index (χ3n) is 2.52. The number of carboxylic acids is 1. The molecule has 3 N–H and O–H groups in total. The van der Waals surface area contributed by atoms with Crippen molar-refractivity contribution in [2.24, 2.45) is 12.8 Å². The summed E-state index contributed by atoms with van der Waals surface area (Å²) in [5.41, 5.74) is 5.80. The average molecular weight is 197 g/mol. The van der Waals surface area contributed by atoms with Crippen LogP contribution in [0.2, 0.25) is 0 Å². The molecule has 0 aliphatic carbocycles. The van der Waals surface area contributed by atoms with Crippen molar-refractivity contribution in [3.8, 4) is 0 Å². The summed E-state index contributed by atoms with van der Waals surface area (Å²) < 4.78 is 1.64. The topological polar surface area (TPSA) is 81.1 Å². The van der Waals surface area contributed by atoms with Crippen LogP contribution in [0.5, 0.6) is 0 Å². The lowest BCUT2D eigenvalue weighted by Crippen LogP contribution is -2.47. The fourth-order valence-corrected chi connectivity index (χ4v) is 1.47. The first kappa shape index (κ1) is 10.7. The van der Waals surface area contributed by atoms with Crippen molar-refractivity contribution in [1.29, 1.82) is 0 Å². The quantitative estimate of drug-likeness (QED) is 0.720. The first-order valence-electron chi connectivity index (χ1n) is 4.34. The highest BCUT2D eigenvalue weighted by Gasteiger charge is 2.35. The number of hydrogen-bond donors (Lipinski definition) is 2. The van der Waals surface area contributed by atoms with Crippen LogP contribution in [0.15, 0.2) is 12.3 Å². The Morgan fingerprint density at radius 1 is 1.71 bits per heavy atom. The van der Waals surface area contributed by atoms with Crippen LogP contribution >= 0.6 is 0 Å². The van der Waals surface area contributed by atoms with Crippen LogP contribution in [0.1, 0.15) is 19.5 Å². The van der Waals surface area contributed by atoms with Gasteiger partial charge in [-0.2, -0.15) is 5.10 Å². The summed E-state index contributed by atoms with van der Waals surface area (Å²) in [5.74, 6) is -1.00. The molecule has 0 fully saturated rings. The third kappa shape index (κ3) is 1.63. The van der Waals surface area contributed by atoms with E-state index in [1.54, 1.807) is 37.8 Å². The molecule has 1 rings (SSSR count). The Kier molecular flexibility index (Phi) is 2.62. The van der Waals surface area contributed by atoms with Crippen molar-refractivity contribution in [3.63, 3.8) is 0 Å².